The minimum atomic E-state index is 0.629. The molecule has 1 heterocycles. The van der Waals surface area contributed by atoms with Crippen molar-refractivity contribution in [3.8, 4) is 0 Å². The maximum absolute atomic E-state index is 3.61. The van der Waals surface area contributed by atoms with Gasteiger partial charge >= 0.3 is 0 Å². The zero-order valence-corrected chi connectivity index (χ0v) is 12.6. The second-order valence-corrected chi connectivity index (χ2v) is 7.51. The van der Waals surface area contributed by atoms with Gasteiger partial charge in [0.05, 0.1) is 0 Å². The van der Waals surface area contributed by atoms with Crippen LogP contribution in [0.1, 0.15) is 40.5 Å². The molecule has 2 aliphatic rings. The number of thioether (sulfide) groups is 1. The largest absolute Gasteiger partial charge is 0.314 e. The molecule has 1 saturated heterocycles. The Morgan fingerprint density at radius 2 is 2.06 bits per heavy atom. The SMILES string of the molecule is CC(C)NCC1CCC1N1CCSC(C)C1C. The summed E-state index contributed by atoms with van der Waals surface area (Å²) < 4.78 is 0. The fraction of sp³-hybridized carbons (Fsp3) is 1.00. The van der Waals surface area contributed by atoms with E-state index in [2.05, 4.69) is 49.7 Å². The molecule has 0 aromatic heterocycles. The zero-order valence-electron chi connectivity index (χ0n) is 11.8. The summed E-state index contributed by atoms with van der Waals surface area (Å²) in [7, 11) is 0. The highest BCUT2D eigenvalue weighted by atomic mass is 32.2. The second kappa shape index (κ2) is 5.94. The Morgan fingerprint density at radius 1 is 1.29 bits per heavy atom. The molecule has 2 rings (SSSR count). The van der Waals surface area contributed by atoms with E-state index >= 15 is 0 Å². The molecule has 0 aromatic carbocycles. The van der Waals surface area contributed by atoms with Crippen LogP contribution in [0, 0.1) is 5.92 Å². The number of nitrogens with one attached hydrogen (secondary N) is 1. The van der Waals surface area contributed by atoms with Gasteiger partial charge in [-0.2, -0.15) is 11.8 Å². The summed E-state index contributed by atoms with van der Waals surface area (Å²) >= 11 is 2.14. The van der Waals surface area contributed by atoms with Crippen LogP contribution in [-0.4, -0.2) is 47.1 Å². The maximum atomic E-state index is 3.61. The monoisotopic (exact) mass is 256 g/mol. The Balaban J connectivity index is 1.84. The van der Waals surface area contributed by atoms with E-state index < -0.39 is 0 Å². The van der Waals surface area contributed by atoms with Gasteiger partial charge in [-0.25, -0.2) is 0 Å². The van der Waals surface area contributed by atoms with Crippen molar-refractivity contribution < 1.29 is 0 Å². The topological polar surface area (TPSA) is 15.3 Å². The molecule has 1 aliphatic heterocycles. The Labute approximate surface area is 111 Å². The molecule has 1 aliphatic carbocycles. The molecule has 0 spiro atoms. The summed E-state index contributed by atoms with van der Waals surface area (Å²) in [4.78, 5) is 2.79. The van der Waals surface area contributed by atoms with Gasteiger partial charge in [0.2, 0.25) is 0 Å². The number of hydrogen-bond donors (Lipinski definition) is 1. The van der Waals surface area contributed by atoms with Crippen molar-refractivity contribution in [1.29, 1.82) is 0 Å². The highest BCUT2D eigenvalue weighted by Gasteiger charge is 2.39. The quantitative estimate of drug-likeness (QED) is 0.832. The average molecular weight is 256 g/mol. The Hall–Kier alpha value is 0.270. The van der Waals surface area contributed by atoms with E-state index in [9.17, 15) is 0 Å². The molecular formula is C14H28N2S. The van der Waals surface area contributed by atoms with Crippen molar-refractivity contribution in [2.45, 2.75) is 63.9 Å². The Kier molecular flexibility index (Phi) is 4.79. The van der Waals surface area contributed by atoms with Crippen LogP contribution in [0.4, 0.5) is 0 Å². The lowest BCUT2D eigenvalue weighted by Gasteiger charge is -2.50. The maximum Gasteiger partial charge on any atom is 0.0187 e. The van der Waals surface area contributed by atoms with Gasteiger partial charge in [0.1, 0.15) is 0 Å². The lowest BCUT2D eigenvalue weighted by molar-refractivity contribution is 0.0342. The molecule has 17 heavy (non-hydrogen) atoms. The predicted molar refractivity (Wildman–Crippen MR) is 77.7 cm³/mol. The predicted octanol–water partition coefficient (Wildman–Crippen LogP) is 2.59. The minimum Gasteiger partial charge on any atom is -0.314 e. The van der Waals surface area contributed by atoms with Crippen molar-refractivity contribution in [2.75, 3.05) is 18.8 Å². The summed E-state index contributed by atoms with van der Waals surface area (Å²) in [6, 6.07) is 2.25. The fourth-order valence-corrected chi connectivity index (χ4v) is 4.16. The van der Waals surface area contributed by atoms with Gasteiger partial charge in [-0.15, -0.1) is 0 Å². The van der Waals surface area contributed by atoms with Crippen molar-refractivity contribution in [3.63, 3.8) is 0 Å². The van der Waals surface area contributed by atoms with Crippen LogP contribution in [0.2, 0.25) is 0 Å². The van der Waals surface area contributed by atoms with Gasteiger partial charge < -0.3 is 5.32 Å². The van der Waals surface area contributed by atoms with Crippen LogP contribution in [0.25, 0.3) is 0 Å². The molecule has 3 heteroatoms. The van der Waals surface area contributed by atoms with E-state index in [0.717, 1.165) is 23.3 Å². The standard InChI is InChI=1S/C14H28N2S/c1-10(2)15-9-13-5-6-14(13)16-7-8-17-12(4)11(16)3/h10-15H,5-9H2,1-4H3. The van der Waals surface area contributed by atoms with Gasteiger partial charge in [0.25, 0.3) is 0 Å². The van der Waals surface area contributed by atoms with Crippen LogP contribution >= 0.6 is 11.8 Å². The molecule has 2 nitrogen and oxygen atoms in total. The third-order valence-electron chi connectivity index (χ3n) is 4.52. The molecule has 1 N–H and O–H groups in total. The number of rotatable bonds is 4. The van der Waals surface area contributed by atoms with Crippen molar-refractivity contribution >= 4 is 11.8 Å². The highest BCUT2D eigenvalue weighted by molar-refractivity contribution is 8.00. The van der Waals surface area contributed by atoms with E-state index in [1.807, 2.05) is 0 Å². The third kappa shape index (κ3) is 3.18. The van der Waals surface area contributed by atoms with E-state index in [1.54, 1.807) is 0 Å². The normalized spacial score (nSPS) is 39.4. The number of hydrogen-bond acceptors (Lipinski definition) is 3. The van der Waals surface area contributed by atoms with E-state index in [0.29, 0.717) is 6.04 Å². The van der Waals surface area contributed by atoms with Crippen molar-refractivity contribution in [2.24, 2.45) is 5.92 Å². The fourth-order valence-electron chi connectivity index (χ4n) is 3.04. The lowest BCUT2D eigenvalue weighted by atomic mass is 9.77. The van der Waals surface area contributed by atoms with E-state index in [4.69, 9.17) is 0 Å². The summed E-state index contributed by atoms with van der Waals surface area (Å²) in [5, 5.41) is 4.42. The van der Waals surface area contributed by atoms with E-state index in [-0.39, 0.29) is 0 Å². The molecule has 1 saturated carbocycles. The van der Waals surface area contributed by atoms with Crippen LogP contribution in [0.3, 0.4) is 0 Å². The molecule has 0 aromatic rings. The molecule has 4 unspecified atom stereocenters. The molecule has 2 fully saturated rings. The molecular weight excluding hydrogens is 228 g/mol. The zero-order chi connectivity index (χ0) is 12.4. The highest BCUT2D eigenvalue weighted by Crippen LogP contribution is 2.36. The van der Waals surface area contributed by atoms with Crippen LogP contribution in [0.5, 0.6) is 0 Å². The molecule has 0 amide bonds. The first-order valence-electron chi connectivity index (χ1n) is 7.20. The first-order valence-corrected chi connectivity index (χ1v) is 8.25. The molecule has 0 bridgehead atoms. The average Bonchev–Trinajstić information content (AvgIpc) is 2.23. The first-order chi connectivity index (χ1) is 8.09. The first kappa shape index (κ1) is 13.7. The van der Waals surface area contributed by atoms with Crippen LogP contribution in [0.15, 0.2) is 0 Å². The number of nitrogens with zero attached hydrogens (tertiary/aromatic N) is 1. The molecule has 0 radical (unpaired) electrons. The van der Waals surface area contributed by atoms with Gasteiger partial charge in [-0.1, -0.05) is 20.8 Å². The minimum absolute atomic E-state index is 0.629. The third-order valence-corrected chi connectivity index (χ3v) is 5.86. The summed E-state index contributed by atoms with van der Waals surface area (Å²) in [6.45, 7) is 11.8. The summed E-state index contributed by atoms with van der Waals surface area (Å²) in [6.07, 6.45) is 2.85. The second-order valence-electron chi connectivity index (χ2n) is 6.02. The van der Waals surface area contributed by atoms with Crippen molar-refractivity contribution in [1.82, 2.24) is 10.2 Å². The Morgan fingerprint density at radius 3 is 2.65 bits per heavy atom. The molecule has 4 atom stereocenters. The molecule has 100 valence electrons. The van der Waals surface area contributed by atoms with Gasteiger partial charge in [-0.05, 0) is 32.2 Å². The van der Waals surface area contributed by atoms with Gasteiger partial charge in [0.15, 0.2) is 0 Å². The van der Waals surface area contributed by atoms with Crippen molar-refractivity contribution in [3.05, 3.63) is 0 Å². The van der Waals surface area contributed by atoms with E-state index in [1.165, 1.54) is 31.7 Å². The lowest BCUT2D eigenvalue weighted by Crippen LogP contribution is -2.58. The van der Waals surface area contributed by atoms with Gasteiger partial charge in [0, 0.05) is 35.7 Å². The Bertz CT molecular complexity index is 244. The summed E-state index contributed by atoms with van der Waals surface area (Å²) in [5.74, 6) is 2.22. The smallest absolute Gasteiger partial charge is 0.0187 e. The summed E-state index contributed by atoms with van der Waals surface area (Å²) in [5.41, 5.74) is 0. The van der Waals surface area contributed by atoms with Crippen LogP contribution in [-0.2, 0) is 0 Å². The van der Waals surface area contributed by atoms with Crippen LogP contribution < -0.4 is 5.32 Å². The van der Waals surface area contributed by atoms with Gasteiger partial charge in [-0.3, -0.25) is 4.90 Å².